The first-order valence-corrected chi connectivity index (χ1v) is 17.7. The Morgan fingerprint density at radius 1 is 0.525 bits per heavy atom. The third-order valence-corrected chi connectivity index (χ3v) is 8.10. The first kappa shape index (κ1) is 38.9. The molecule has 1 unspecified atom stereocenters. The van der Waals surface area contributed by atoms with Gasteiger partial charge in [-0.25, -0.2) is 0 Å². The molecule has 0 spiro atoms. The molecular formula is C35H69NO4. The van der Waals surface area contributed by atoms with E-state index in [0.29, 0.717) is 13.2 Å². The van der Waals surface area contributed by atoms with Gasteiger partial charge < -0.3 is 15.2 Å². The van der Waals surface area contributed by atoms with E-state index in [9.17, 15) is 14.7 Å². The summed E-state index contributed by atoms with van der Waals surface area (Å²) in [5.74, 6) is -1.37. The number of carbonyl (C=O) groups is 2. The Balaban J connectivity index is 3.50. The van der Waals surface area contributed by atoms with Crippen molar-refractivity contribution in [1.29, 1.82) is 0 Å². The molecule has 0 aromatic rings. The molecule has 0 aromatic heterocycles. The van der Waals surface area contributed by atoms with Crippen molar-refractivity contribution in [2.24, 2.45) is 0 Å². The van der Waals surface area contributed by atoms with Crippen LogP contribution in [0.15, 0.2) is 0 Å². The zero-order chi connectivity index (χ0) is 29.4. The predicted octanol–water partition coefficient (Wildman–Crippen LogP) is 10.5. The van der Waals surface area contributed by atoms with Crippen molar-refractivity contribution in [3.05, 3.63) is 0 Å². The number of esters is 1. The smallest absolute Gasteiger partial charge is 0.321 e. The number of unbranched alkanes of at least 4 members (excludes halogenated alkanes) is 25. The summed E-state index contributed by atoms with van der Waals surface area (Å²) in [6.45, 7) is 5.57. The third kappa shape index (κ3) is 29.9. The molecule has 2 N–H and O–H groups in total. The molecule has 0 saturated carbocycles. The SMILES string of the molecule is CCCCCCCCCCCCCCCCCCOC(=O)CC(NCCCCCCCCCCCCC)C(=O)O. The molecule has 0 aliphatic carbocycles. The quantitative estimate of drug-likeness (QED) is 0.0609. The van der Waals surface area contributed by atoms with Crippen molar-refractivity contribution >= 4 is 11.9 Å². The second-order valence-corrected chi connectivity index (χ2v) is 12.1. The second-order valence-electron chi connectivity index (χ2n) is 12.1. The van der Waals surface area contributed by atoms with Crippen LogP contribution < -0.4 is 5.32 Å². The van der Waals surface area contributed by atoms with Crippen LogP contribution in [0.25, 0.3) is 0 Å². The fourth-order valence-electron chi connectivity index (χ4n) is 5.37. The largest absolute Gasteiger partial charge is 0.480 e. The molecule has 5 nitrogen and oxygen atoms in total. The monoisotopic (exact) mass is 568 g/mol. The van der Waals surface area contributed by atoms with Crippen molar-refractivity contribution in [2.45, 2.75) is 200 Å². The van der Waals surface area contributed by atoms with Crippen LogP contribution in [0.1, 0.15) is 194 Å². The molecular weight excluding hydrogens is 498 g/mol. The number of nitrogens with one attached hydrogen (secondary N) is 1. The summed E-state index contributed by atoms with van der Waals surface area (Å²) < 4.78 is 5.31. The summed E-state index contributed by atoms with van der Waals surface area (Å²) in [5, 5.41) is 12.5. The van der Waals surface area contributed by atoms with Gasteiger partial charge in [-0.2, -0.15) is 0 Å². The molecule has 0 heterocycles. The first-order valence-electron chi connectivity index (χ1n) is 17.7. The molecule has 0 fully saturated rings. The molecule has 0 bridgehead atoms. The lowest BCUT2D eigenvalue weighted by atomic mass is 10.0. The van der Waals surface area contributed by atoms with Gasteiger partial charge in [0.05, 0.1) is 13.0 Å². The fraction of sp³-hybridized carbons (Fsp3) is 0.943. The van der Waals surface area contributed by atoms with E-state index in [0.717, 1.165) is 25.7 Å². The maximum Gasteiger partial charge on any atom is 0.321 e. The predicted molar refractivity (Wildman–Crippen MR) is 171 cm³/mol. The Labute approximate surface area is 249 Å². The standard InChI is InChI=1S/C35H69NO4/c1-3-5-7-9-11-13-15-16-17-18-19-21-23-25-27-29-31-40-34(37)32-33(35(38)39)36-30-28-26-24-22-20-14-12-10-8-6-4-2/h33,36H,3-32H2,1-2H3,(H,38,39). The summed E-state index contributed by atoms with van der Waals surface area (Å²) >= 11 is 0. The molecule has 238 valence electrons. The van der Waals surface area contributed by atoms with E-state index in [1.54, 1.807) is 0 Å². The Bertz CT molecular complexity index is 539. The average molecular weight is 568 g/mol. The third-order valence-electron chi connectivity index (χ3n) is 8.10. The minimum atomic E-state index is -0.970. The van der Waals surface area contributed by atoms with E-state index in [2.05, 4.69) is 19.2 Å². The zero-order valence-electron chi connectivity index (χ0n) is 27.0. The molecule has 1 atom stereocenters. The van der Waals surface area contributed by atoms with E-state index in [-0.39, 0.29) is 6.42 Å². The van der Waals surface area contributed by atoms with Crippen molar-refractivity contribution in [1.82, 2.24) is 5.32 Å². The zero-order valence-corrected chi connectivity index (χ0v) is 27.0. The van der Waals surface area contributed by atoms with E-state index in [4.69, 9.17) is 4.74 Å². The van der Waals surface area contributed by atoms with Crippen molar-refractivity contribution in [2.75, 3.05) is 13.2 Å². The van der Waals surface area contributed by atoms with E-state index in [1.807, 2.05) is 0 Å². The van der Waals surface area contributed by atoms with Gasteiger partial charge in [0.25, 0.3) is 0 Å². The number of rotatable bonds is 33. The van der Waals surface area contributed by atoms with Gasteiger partial charge in [0.2, 0.25) is 0 Å². The van der Waals surface area contributed by atoms with Crippen LogP contribution in [-0.2, 0) is 14.3 Å². The highest BCUT2D eigenvalue weighted by molar-refractivity contribution is 5.81. The molecule has 0 saturated heterocycles. The number of hydrogen-bond acceptors (Lipinski definition) is 4. The van der Waals surface area contributed by atoms with E-state index in [1.165, 1.54) is 148 Å². The number of carboxylic acids is 1. The highest BCUT2D eigenvalue weighted by Crippen LogP contribution is 2.14. The van der Waals surface area contributed by atoms with Gasteiger partial charge >= 0.3 is 11.9 Å². The average Bonchev–Trinajstić information content (AvgIpc) is 2.94. The molecule has 0 amide bonds. The molecule has 0 rings (SSSR count). The summed E-state index contributed by atoms with van der Waals surface area (Å²) in [7, 11) is 0. The number of carbonyl (C=O) groups excluding carboxylic acids is 1. The lowest BCUT2D eigenvalue weighted by Crippen LogP contribution is -2.39. The highest BCUT2D eigenvalue weighted by Gasteiger charge is 2.21. The van der Waals surface area contributed by atoms with Crippen molar-refractivity contribution < 1.29 is 19.4 Å². The van der Waals surface area contributed by atoms with Crippen LogP contribution in [0.2, 0.25) is 0 Å². The Morgan fingerprint density at radius 2 is 0.850 bits per heavy atom. The second kappa shape index (κ2) is 32.4. The highest BCUT2D eigenvalue weighted by atomic mass is 16.5. The minimum Gasteiger partial charge on any atom is -0.480 e. The summed E-state index contributed by atoms with van der Waals surface area (Å²) in [4.78, 5) is 23.6. The van der Waals surface area contributed by atoms with Gasteiger partial charge in [0.15, 0.2) is 0 Å². The Morgan fingerprint density at radius 3 is 1.20 bits per heavy atom. The molecule has 0 aromatic carbocycles. The molecule has 0 aliphatic rings. The van der Waals surface area contributed by atoms with Crippen LogP contribution in [0.4, 0.5) is 0 Å². The maximum atomic E-state index is 12.1. The number of aliphatic carboxylic acids is 1. The van der Waals surface area contributed by atoms with Crippen LogP contribution >= 0.6 is 0 Å². The van der Waals surface area contributed by atoms with Gasteiger partial charge in [-0.15, -0.1) is 0 Å². The molecule has 40 heavy (non-hydrogen) atoms. The lowest BCUT2D eigenvalue weighted by molar-refractivity contribution is -0.149. The summed E-state index contributed by atoms with van der Waals surface area (Å²) in [5.41, 5.74) is 0. The van der Waals surface area contributed by atoms with Gasteiger partial charge in [0.1, 0.15) is 6.04 Å². The minimum absolute atomic E-state index is 0.0910. The molecule has 5 heteroatoms. The fourth-order valence-corrected chi connectivity index (χ4v) is 5.37. The van der Waals surface area contributed by atoms with Crippen LogP contribution in [0.5, 0.6) is 0 Å². The van der Waals surface area contributed by atoms with Crippen molar-refractivity contribution in [3.8, 4) is 0 Å². The number of ether oxygens (including phenoxy) is 1. The van der Waals surface area contributed by atoms with E-state index < -0.39 is 18.0 Å². The van der Waals surface area contributed by atoms with Gasteiger partial charge in [-0.05, 0) is 19.4 Å². The topological polar surface area (TPSA) is 75.6 Å². The molecule has 0 radical (unpaired) electrons. The van der Waals surface area contributed by atoms with Crippen LogP contribution in [-0.4, -0.2) is 36.2 Å². The van der Waals surface area contributed by atoms with Crippen LogP contribution in [0, 0.1) is 0 Å². The van der Waals surface area contributed by atoms with Gasteiger partial charge in [-0.3, -0.25) is 9.59 Å². The van der Waals surface area contributed by atoms with Crippen molar-refractivity contribution in [3.63, 3.8) is 0 Å². The normalized spacial score (nSPS) is 12.1. The number of hydrogen-bond donors (Lipinski definition) is 2. The van der Waals surface area contributed by atoms with Crippen LogP contribution in [0.3, 0.4) is 0 Å². The van der Waals surface area contributed by atoms with Gasteiger partial charge in [0, 0.05) is 0 Å². The first-order chi connectivity index (χ1) is 19.6. The van der Waals surface area contributed by atoms with Gasteiger partial charge in [-0.1, -0.05) is 174 Å². The van der Waals surface area contributed by atoms with E-state index >= 15 is 0 Å². The Hall–Kier alpha value is -1.10. The molecule has 0 aliphatic heterocycles. The maximum absolute atomic E-state index is 12.1. The Kier molecular flexibility index (Phi) is 31.5. The number of carboxylic acid groups (broad SMARTS) is 1. The lowest BCUT2D eigenvalue weighted by Gasteiger charge is -2.14. The summed E-state index contributed by atoms with van der Waals surface area (Å²) in [6.07, 6.45) is 34.9. The summed E-state index contributed by atoms with van der Waals surface area (Å²) in [6, 6.07) is -0.846.